The van der Waals surface area contributed by atoms with Crippen LogP contribution in [0.1, 0.15) is 6.92 Å². The minimum absolute atomic E-state index is 0.0603. The van der Waals surface area contributed by atoms with Crippen molar-refractivity contribution in [3.8, 4) is 0 Å². The van der Waals surface area contributed by atoms with Gasteiger partial charge in [0.25, 0.3) is 0 Å². The molecule has 1 N–H and O–H groups in total. The van der Waals surface area contributed by atoms with Crippen molar-refractivity contribution in [3.05, 3.63) is 0 Å². The molecule has 0 heterocycles. The number of aliphatic hydroxyl groups excluding tert-OH is 1. The second kappa shape index (κ2) is 5.16. The Morgan fingerprint density at radius 2 is 2.38 bits per heavy atom. The van der Waals surface area contributed by atoms with Gasteiger partial charge in [-0.15, -0.1) is 4.52 Å². The first-order chi connectivity index (χ1) is 3.81. The van der Waals surface area contributed by atoms with E-state index in [0.29, 0.717) is 6.61 Å². The van der Waals surface area contributed by atoms with Gasteiger partial charge in [0.15, 0.2) is 0 Å². The SMILES string of the molecule is CCO[P+](=O)CCO. The van der Waals surface area contributed by atoms with Crippen molar-refractivity contribution in [2.24, 2.45) is 0 Å². The molecule has 1 unspecified atom stereocenters. The van der Waals surface area contributed by atoms with Gasteiger partial charge < -0.3 is 5.11 Å². The van der Waals surface area contributed by atoms with Crippen molar-refractivity contribution in [3.63, 3.8) is 0 Å². The predicted molar refractivity (Wildman–Crippen MR) is 31.2 cm³/mol. The van der Waals surface area contributed by atoms with Crippen LogP contribution >= 0.6 is 8.03 Å². The molecule has 48 valence electrons. The average Bonchev–Trinajstić information content (AvgIpc) is 1.68. The van der Waals surface area contributed by atoms with E-state index in [2.05, 4.69) is 4.52 Å². The summed E-state index contributed by atoms with van der Waals surface area (Å²) >= 11 is 0. The van der Waals surface area contributed by atoms with Crippen molar-refractivity contribution >= 4 is 8.03 Å². The number of hydrogen-bond acceptors (Lipinski definition) is 3. The molecule has 1 atom stereocenters. The molecule has 0 aromatic rings. The van der Waals surface area contributed by atoms with Crippen molar-refractivity contribution in [2.45, 2.75) is 6.92 Å². The van der Waals surface area contributed by atoms with Crippen molar-refractivity contribution in [2.75, 3.05) is 19.4 Å². The fourth-order valence-electron chi connectivity index (χ4n) is 0.290. The molecular formula is C4H10O3P+. The van der Waals surface area contributed by atoms with Gasteiger partial charge in [-0.2, -0.15) is 0 Å². The number of hydrogen-bond donors (Lipinski definition) is 1. The summed E-state index contributed by atoms with van der Waals surface area (Å²) in [6.07, 6.45) is 0.253. The molecule has 0 aliphatic heterocycles. The highest BCUT2D eigenvalue weighted by atomic mass is 31.1. The maximum atomic E-state index is 10.4. The van der Waals surface area contributed by atoms with Gasteiger partial charge in [0, 0.05) is 0 Å². The maximum Gasteiger partial charge on any atom is 0.510 e. The predicted octanol–water partition coefficient (Wildman–Crippen LogP) is 0.758. The Labute approximate surface area is 49.5 Å². The number of aliphatic hydroxyl groups is 1. The summed E-state index contributed by atoms with van der Waals surface area (Å²) in [6.45, 7) is 2.16. The van der Waals surface area contributed by atoms with Crippen molar-refractivity contribution in [1.82, 2.24) is 0 Å². The highest BCUT2D eigenvalue weighted by Gasteiger charge is 2.12. The zero-order chi connectivity index (χ0) is 6.41. The molecule has 8 heavy (non-hydrogen) atoms. The van der Waals surface area contributed by atoms with E-state index in [4.69, 9.17) is 5.11 Å². The summed E-state index contributed by atoms with van der Waals surface area (Å²) in [4.78, 5) is 0. The zero-order valence-electron chi connectivity index (χ0n) is 4.83. The van der Waals surface area contributed by atoms with Gasteiger partial charge >= 0.3 is 8.03 Å². The first-order valence-corrected chi connectivity index (χ1v) is 3.86. The van der Waals surface area contributed by atoms with Crippen LogP contribution in [-0.2, 0) is 9.09 Å². The van der Waals surface area contributed by atoms with E-state index >= 15 is 0 Å². The third kappa shape index (κ3) is 4.19. The molecule has 0 rings (SSSR count). The van der Waals surface area contributed by atoms with E-state index in [1.54, 1.807) is 6.92 Å². The fraction of sp³-hybridized carbons (Fsp3) is 1.00. The summed E-state index contributed by atoms with van der Waals surface area (Å²) in [5.74, 6) is 0. The van der Waals surface area contributed by atoms with Crippen LogP contribution in [0.3, 0.4) is 0 Å². The van der Waals surface area contributed by atoms with Crippen LogP contribution in [-0.4, -0.2) is 24.5 Å². The third-order valence-electron chi connectivity index (χ3n) is 0.556. The van der Waals surface area contributed by atoms with Gasteiger partial charge in [-0.25, -0.2) is 0 Å². The summed E-state index contributed by atoms with van der Waals surface area (Å²) in [5.41, 5.74) is 0. The lowest BCUT2D eigenvalue weighted by Gasteiger charge is -1.79. The Balaban J connectivity index is 3.06. The lowest BCUT2D eigenvalue weighted by atomic mass is 10.9. The van der Waals surface area contributed by atoms with Crippen LogP contribution in [0.25, 0.3) is 0 Å². The van der Waals surface area contributed by atoms with Crippen LogP contribution in [0.2, 0.25) is 0 Å². The molecule has 4 heteroatoms. The molecule has 0 bridgehead atoms. The Bertz CT molecular complexity index is 65.7. The van der Waals surface area contributed by atoms with Crippen LogP contribution in [0, 0.1) is 0 Å². The van der Waals surface area contributed by atoms with Gasteiger partial charge in [0.05, 0.1) is 13.2 Å². The summed E-state index contributed by atoms with van der Waals surface area (Å²) in [6, 6.07) is 0. The minimum atomic E-state index is -1.58. The first-order valence-electron chi connectivity index (χ1n) is 2.49. The van der Waals surface area contributed by atoms with Gasteiger partial charge in [-0.1, -0.05) is 0 Å². The van der Waals surface area contributed by atoms with Gasteiger partial charge in [-0.3, -0.25) is 0 Å². The van der Waals surface area contributed by atoms with E-state index in [-0.39, 0.29) is 12.8 Å². The number of rotatable bonds is 4. The second-order valence-electron chi connectivity index (χ2n) is 1.20. The van der Waals surface area contributed by atoms with Crippen molar-refractivity contribution < 1.29 is 14.2 Å². The molecule has 0 spiro atoms. The Kier molecular flexibility index (Phi) is 5.18. The lowest BCUT2D eigenvalue weighted by molar-refractivity contribution is 0.304. The van der Waals surface area contributed by atoms with Gasteiger partial charge in [-0.05, 0) is 11.5 Å². The highest BCUT2D eigenvalue weighted by molar-refractivity contribution is 7.39. The second-order valence-corrected chi connectivity index (χ2v) is 2.57. The van der Waals surface area contributed by atoms with E-state index in [0.717, 1.165) is 0 Å². The molecule has 0 fully saturated rings. The van der Waals surface area contributed by atoms with Gasteiger partial charge in [0.2, 0.25) is 6.16 Å². The molecule has 0 aliphatic rings. The molecule has 0 saturated carbocycles. The fourth-order valence-corrected chi connectivity index (χ4v) is 0.871. The smallest absolute Gasteiger partial charge is 0.392 e. The van der Waals surface area contributed by atoms with Crippen molar-refractivity contribution in [1.29, 1.82) is 0 Å². The molecular weight excluding hydrogens is 127 g/mol. The van der Waals surface area contributed by atoms with E-state index < -0.39 is 8.03 Å². The minimum Gasteiger partial charge on any atom is -0.392 e. The molecule has 0 saturated heterocycles. The molecule has 0 aromatic carbocycles. The topological polar surface area (TPSA) is 46.5 Å². The monoisotopic (exact) mass is 137 g/mol. The Morgan fingerprint density at radius 1 is 1.75 bits per heavy atom. The zero-order valence-corrected chi connectivity index (χ0v) is 5.73. The Hall–Kier alpha value is 0.0200. The molecule has 0 aromatic heterocycles. The highest BCUT2D eigenvalue weighted by Crippen LogP contribution is 2.19. The van der Waals surface area contributed by atoms with Crippen LogP contribution in [0.5, 0.6) is 0 Å². The van der Waals surface area contributed by atoms with Crippen LogP contribution in [0.15, 0.2) is 0 Å². The standard InChI is InChI=1S/C4H10O3P/c1-2-7-8(6)4-3-5/h5H,2-4H2,1H3/q+1. The molecule has 0 amide bonds. The summed E-state index contributed by atoms with van der Waals surface area (Å²) < 4.78 is 15.0. The normalized spacial score (nSPS) is 11.5. The van der Waals surface area contributed by atoms with E-state index in [9.17, 15) is 4.57 Å². The quantitative estimate of drug-likeness (QED) is 0.582. The van der Waals surface area contributed by atoms with Crippen LogP contribution in [0.4, 0.5) is 0 Å². The van der Waals surface area contributed by atoms with E-state index in [1.165, 1.54) is 0 Å². The van der Waals surface area contributed by atoms with E-state index in [1.807, 2.05) is 0 Å². The lowest BCUT2D eigenvalue weighted by Crippen LogP contribution is -1.87. The average molecular weight is 137 g/mol. The molecule has 3 nitrogen and oxygen atoms in total. The van der Waals surface area contributed by atoms with Crippen LogP contribution < -0.4 is 0 Å². The largest absolute Gasteiger partial charge is 0.510 e. The summed E-state index contributed by atoms with van der Waals surface area (Å²) in [7, 11) is -1.58. The summed E-state index contributed by atoms with van der Waals surface area (Å²) in [5, 5.41) is 8.20. The maximum absolute atomic E-state index is 10.4. The first kappa shape index (κ1) is 8.02. The molecule has 0 radical (unpaired) electrons. The van der Waals surface area contributed by atoms with Gasteiger partial charge in [0.1, 0.15) is 0 Å². The third-order valence-corrected chi connectivity index (χ3v) is 1.67. The Morgan fingerprint density at radius 3 is 2.75 bits per heavy atom. The molecule has 0 aliphatic carbocycles.